The van der Waals surface area contributed by atoms with Gasteiger partial charge in [-0.3, -0.25) is 4.98 Å². The zero-order valence-electron chi connectivity index (χ0n) is 16.6. The van der Waals surface area contributed by atoms with Crippen LogP contribution in [0, 0.1) is 0 Å². The largest absolute Gasteiger partial charge is 0.327 e. The molecule has 0 amide bonds. The van der Waals surface area contributed by atoms with E-state index in [4.69, 9.17) is 16.6 Å². The Bertz CT molecular complexity index is 1290. The first-order chi connectivity index (χ1) is 14.4. The molecule has 1 atom stereocenters. The SMILES string of the molecule is CCn1c([C@@H](C)NS(=O)(=O)c2ccc(Cl)cc2)nc2cc(-c3ccncc3)ccc21. The van der Waals surface area contributed by atoms with Gasteiger partial charge in [0.15, 0.2) is 0 Å². The highest BCUT2D eigenvalue weighted by Crippen LogP contribution is 2.27. The second-order valence-electron chi connectivity index (χ2n) is 6.95. The predicted molar refractivity (Wildman–Crippen MR) is 119 cm³/mol. The lowest BCUT2D eigenvalue weighted by Crippen LogP contribution is -2.28. The fraction of sp³-hybridized carbons (Fsp3) is 0.182. The van der Waals surface area contributed by atoms with Crippen LogP contribution < -0.4 is 4.72 Å². The maximum atomic E-state index is 12.8. The Hall–Kier alpha value is -2.74. The van der Waals surface area contributed by atoms with Crippen LogP contribution in [-0.4, -0.2) is 23.0 Å². The smallest absolute Gasteiger partial charge is 0.241 e. The first kappa shape index (κ1) is 20.5. The molecular weight excluding hydrogens is 420 g/mol. The molecule has 6 nitrogen and oxygen atoms in total. The van der Waals surface area contributed by atoms with Crippen molar-refractivity contribution in [1.29, 1.82) is 0 Å². The molecule has 2 heterocycles. The molecule has 0 radical (unpaired) electrons. The molecule has 0 saturated carbocycles. The van der Waals surface area contributed by atoms with Crippen molar-refractivity contribution in [2.75, 3.05) is 0 Å². The van der Waals surface area contributed by atoms with Gasteiger partial charge in [0.2, 0.25) is 10.0 Å². The van der Waals surface area contributed by atoms with E-state index >= 15 is 0 Å². The summed E-state index contributed by atoms with van der Waals surface area (Å²) >= 11 is 5.87. The summed E-state index contributed by atoms with van der Waals surface area (Å²) in [5.74, 6) is 0.664. The number of nitrogens with one attached hydrogen (secondary N) is 1. The van der Waals surface area contributed by atoms with Crippen LogP contribution in [0.1, 0.15) is 25.7 Å². The molecule has 0 aliphatic rings. The predicted octanol–water partition coefficient (Wildman–Crippen LogP) is 4.81. The Balaban J connectivity index is 1.69. The van der Waals surface area contributed by atoms with Crippen LogP contribution in [0.3, 0.4) is 0 Å². The summed E-state index contributed by atoms with van der Waals surface area (Å²) in [6.07, 6.45) is 3.51. The van der Waals surface area contributed by atoms with Gasteiger partial charge in [-0.15, -0.1) is 0 Å². The van der Waals surface area contributed by atoms with Crippen molar-refractivity contribution in [3.05, 3.63) is 77.8 Å². The molecule has 0 bridgehead atoms. The summed E-state index contributed by atoms with van der Waals surface area (Å²) in [6, 6.07) is 15.5. The highest BCUT2D eigenvalue weighted by atomic mass is 35.5. The number of fused-ring (bicyclic) bond motifs is 1. The van der Waals surface area contributed by atoms with Gasteiger partial charge < -0.3 is 4.57 Å². The van der Waals surface area contributed by atoms with E-state index in [1.54, 1.807) is 31.5 Å². The summed E-state index contributed by atoms with van der Waals surface area (Å²) in [6.45, 7) is 4.49. The van der Waals surface area contributed by atoms with Gasteiger partial charge in [0.05, 0.1) is 22.0 Å². The van der Waals surface area contributed by atoms with Crippen molar-refractivity contribution in [2.24, 2.45) is 0 Å². The molecule has 0 fully saturated rings. The molecule has 4 aromatic rings. The molecule has 1 N–H and O–H groups in total. The maximum Gasteiger partial charge on any atom is 0.241 e. The Kier molecular flexibility index (Phi) is 5.60. The fourth-order valence-electron chi connectivity index (χ4n) is 3.50. The third-order valence-electron chi connectivity index (χ3n) is 4.95. The first-order valence-corrected chi connectivity index (χ1v) is 11.4. The molecule has 0 aliphatic carbocycles. The van der Waals surface area contributed by atoms with Crippen molar-refractivity contribution in [2.45, 2.75) is 31.3 Å². The Labute approximate surface area is 180 Å². The molecule has 154 valence electrons. The van der Waals surface area contributed by atoms with Gasteiger partial charge in [-0.2, -0.15) is 0 Å². The van der Waals surface area contributed by atoms with Gasteiger partial charge >= 0.3 is 0 Å². The van der Waals surface area contributed by atoms with Crippen LogP contribution in [0.5, 0.6) is 0 Å². The minimum absolute atomic E-state index is 0.165. The van der Waals surface area contributed by atoms with Crippen LogP contribution in [-0.2, 0) is 16.6 Å². The highest BCUT2D eigenvalue weighted by molar-refractivity contribution is 7.89. The standard InChI is InChI=1S/C22H21ClN4O2S/c1-3-27-21-9-4-17(16-10-12-24-13-11-16)14-20(21)25-22(27)15(2)26-30(28,29)19-7-5-18(23)6-8-19/h4-15,26H,3H2,1-2H3/t15-/m1/s1. The monoisotopic (exact) mass is 440 g/mol. The summed E-state index contributed by atoms with van der Waals surface area (Å²) in [5.41, 5.74) is 3.86. The second-order valence-corrected chi connectivity index (χ2v) is 9.10. The van der Waals surface area contributed by atoms with E-state index in [0.717, 1.165) is 22.2 Å². The summed E-state index contributed by atoms with van der Waals surface area (Å²) in [7, 11) is -3.71. The number of sulfonamides is 1. The lowest BCUT2D eigenvalue weighted by molar-refractivity contribution is 0.549. The van der Waals surface area contributed by atoms with Crippen LogP contribution in [0.25, 0.3) is 22.2 Å². The molecule has 2 aromatic heterocycles. The molecule has 30 heavy (non-hydrogen) atoms. The minimum atomic E-state index is -3.71. The molecule has 2 aromatic carbocycles. The van der Waals surface area contributed by atoms with Crippen molar-refractivity contribution >= 4 is 32.7 Å². The molecular formula is C22H21ClN4O2S. The number of nitrogens with zero attached hydrogens (tertiary/aromatic N) is 3. The highest BCUT2D eigenvalue weighted by Gasteiger charge is 2.23. The Morgan fingerprint density at radius 1 is 1.03 bits per heavy atom. The minimum Gasteiger partial charge on any atom is -0.327 e. The normalized spacial score (nSPS) is 12.9. The number of imidazole rings is 1. The number of aromatic nitrogens is 3. The van der Waals surface area contributed by atoms with Crippen LogP contribution in [0.2, 0.25) is 5.02 Å². The third-order valence-corrected chi connectivity index (χ3v) is 6.76. The lowest BCUT2D eigenvalue weighted by atomic mass is 10.1. The van der Waals surface area contributed by atoms with Gasteiger partial charge in [-0.1, -0.05) is 17.7 Å². The molecule has 0 aliphatic heterocycles. The molecule has 0 spiro atoms. The number of pyridine rings is 1. The van der Waals surface area contributed by atoms with Gasteiger partial charge in [0.25, 0.3) is 0 Å². The van der Waals surface area contributed by atoms with E-state index in [-0.39, 0.29) is 4.90 Å². The zero-order valence-corrected chi connectivity index (χ0v) is 18.2. The molecule has 0 saturated heterocycles. The molecule has 0 unspecified atom stereocenters. The van der Waals surface area contributed by atoms with E-state index < -0.39 is 16.1 Å². The van der Waals surface area contributed by atoms with Crippen LogP contribution in [0.4, 0.5) is 0 Å². The number of rotatable bonds is 6. The topological polar surface area (TPSA) is 76.9 Å². The quantitative estimate of drug-likeness (QED) is 0.466. The molecule has 4 rings (SSSR count). The van der Waals surface area contributed by atoms with Crippen molar-refractivity contribution < 1.29 is 8.42 Å². The average Bonchev–Trinajstić information content (AvgIpc) is 3.12. The number of benzene rings is 2. The Morgan fingerprint density at radius 2 is 1.73 bits per heavy atom. The van der Waals surface area contributed by atoms with Crippen LogP contribution in [0.15, 0.2) is 71.9 Å². The number of hydrogen-bond acceptors (Lipinski definition) is 4. The number of halogens is 1. The van der Waals surface area contributed by atoms with Crippen molar-refractivity contribution in [3.63, 3.8) is 0 Å². The van der Waals surface area contributed by atoms with E-state index in [9.17, 15) is 8.42 Å². The van der Waals surface area contributed by atoms with Gasteiger partial charge in [-0.25, -0.2) is 18.1 Å². The summed E-state index contributed by atoms with van der Waals surface area (Å²) < 4.78 is 30.3. The van der Waals surface area contributed by atoms with Gasteiger partial charge in [0.1, 0.15) is 5.82 Å². The van der Waals surface area contributed by atoms with Gasteiger partial charge in [0, 0.05) is 24.0 Å². The fourth-order valence-corrected chi connectivity index (χ4v) is 4.83. The lowest BCUT2D eigenvalue weighted by Gasteiger charge is -2.15. The third kappa shape index (κ3) is 3.96. The zero-order chi connectivity index (χ0) is 21.3. The van der Waals surface area contributed by atoms with E-state index in [1.807, 2.05) is 41.8 Å². The van der Waals surface area contributed by atoms with E-state index in [0.29, 0.717) is 17.4 Å². The maximum absolute atomic E-state index is 12.8. The number of aryl methyl sites for hydroxylation is 1. The Morgan fingerprint density at radius 3 is 2.40 bits per heavy atom. The molecule has 8 heteroatoms. The first-order valence-electron chi connectivity index (χ1n) is 9.57. The van der Waals surface area contributed by atoms with Gasteiger partial charge in [-0.05, 0) is 73.5 Å². The second kappa shape index (κ2) is 8.18. The van der Waals surface area contributed by atoms with Crippen LogP contribution >= 0.6 is 11.6 Å². The van der Waals surface area contributed by atoms with E-state index in [2.05, 4.69) is 9.71 Å². The van der Waals surface area contributed by atoms with E-state index in [1.165, 1.54) is 12.1 Å². The number of hydrogen-bond donors (Lipinski definition) is 1. The van der Waals surface area contributed by atoms with Crippen molar-refractivity contribution in [1.82, 2.24) is 19.3 Å². The summed E-state index contributed by atoms with van der Waals surface area (Å²) in [4.78, 5) is 8.99. The summed E-state index contributed by atoms with van der Waals surface area (Å²) in [5, 5.41) is 0.486. The average molecular weight is 441 g/mol. The van der Waals surface area contributed by atoms with Crippen molar-refractivity contribution in [3.8, 4) is 11.1 Å².